The summed E-state index contributed by atoms with van der Waals surface area (Å²) in [4.78, 5) is 46.1. The highest BCUT2D eigenvalue weighted by Gasteiger charge is 2.13. The molecule has 12 nitrogen and oxygen atoms in total. The number of amides is 1. The highest BCUT2D eigenvalue weighted by Crippen LogP contribution is 2.28. The van der Waals surface area contributed by atoms with Gasteiger partial charge in [-0.15, -0.1) is 0 Å². The van der Waals surface area contributed by atoms with Crippen molar-refractivity contribution >= 4 is 58.2 Å². The molecule has 222 valence electrons. The van der Waals surface area contributed by atoms with E-state index < -0.39 is 23.8 Å². The van der Waals surface area contributed by atoms with E-state index in [0.717, 1.165) is 23.5 Å². The summed E-state index contributed by atoms with van der Waals surface area (Å²) in [6.45, 7) is 0. The number of pyridine rings is 1. The number of carbonyl (C=O) groups excluding carboxylic acids is 1. The maximum absolute atomic E-state index is 11.4. The van der Waals surface area contributed by atoms with E-state index in [1.54, 1.807) is 24.3 Å². The van der Waals surface area contributed by atoms with E-state index in [2.05, 4.69) is 15.6 Å². The number of methoxy groups -OCH3 is 1. The Hall–Kier alpha value is -5.88. The summed E-state index contributed by atoms with van der Waals surface area (Å²) in [6.07, 6.45) is 3.21. The summed E-state index contributed by atoms with van der Waals surface area (Å²) < 4.78 is 4.82. The number of anilines is 4. The number of rotatable bonds is 8. The molecule has 0 saturated carbocycles. The predicted molar refractivity (Wildman–Crippen MR) is 162 cm³/mol. The number of hydrogen-bond donors (Lipinski definition) is 6. The SMILES string of the molecule is COc1cc(N)c(Cl)cc1C(=O)O.O=C(O)/C=C\C(=O)Nc1ccc(Nc2ccccc2)cc1.O=C(O)c1ccccn1. The first kappa shape index (κ1) is 33.3. The summed E-state index contributed by atoms with van der Waals surface area (Å²) in [6, 6.07) is 24.2. The van der Waals surface area contributed by atoms with Crippen LogP contribution in [0.15, 0.2) is 103 Å². The molecule has 0 spiro atoms. The number of nitrogens with zero attached hydrogens (tertiary/aromatic N) is 1. The first-order valence-electron chi connectivity index (χ1n) is 12.1. The second kappa shape index (κ2) is 17.0. The summed E-state index contributed by atoms with van der Waals surface area (Å²) in [7, 11) is 1.37. The van der Waals surface area contributed by atoms with Gasteiger partial charge in [0.1, 0.15) is 17.0 Å². The number of halogens is 1. The lowest BCUT2D eigenvalue weighted by atomic mass is 10.2. The molecule has 0 fully saturated rings. The molecule has 0 bridgehead atoms. The number of benzene rings is 3. The van der Waals surface area contributed by atoms with Crippen LogP contribution in [0.3, 0.4) is 0 Å². The minimum atomic E-state index is -1.16. The van der Waals surface area contributed by atoms with Crippen LogP contribution in [-0.4, -0.2) is 51.2 Å². The third-order valence-electron chi connectivity index (χ3n) is 5.03. The van der Waals surface area contributed by atoms with Gasteiger partial charge in [0.05, 0.1) is 17.8 Å². The fourth-order valence-electron chi connectivity index (χ4n) is 3.05. The first-order chi connectivity index (χ1) is 20.5. The molecule has 4 aromatic rings. The average molecular weight is 607 g/mol. The number of carboxylic acid groups (broad SMARTS) is 3. The smallest absolute Gasteiger partial charge is 0.354 e. The molecule has 0 atom stereocenters. The second-order valence-corrected chi connectivity index (χ2v) is 8.54. The molecule has 4 rings (SSSR count). The minimum absolute atomic E-state index is 0.00157. The number of nitrogen functional groups attached to an aromatic ring is 1. The fraction of sp³-hybridized carbons (Fsp3) is 0.0333. The van der Waals surface area contributed by atoms with E-state index in [1.165, 1.54) is 31.5 Å². The van der Waals surface area contributed by atoms with Gasteiger partial charge in [-0.25, -0.2) is 19.4 Å². The van der Waals surface area contributed by atoms with Gasteiger partial charge < -0.3 is 36.4 Å². The molecule has 0 saturated heterocycles. The molecule has 3 aromatic carbocycles. The number of nitrogens with two attached hydrogens (primary N) is 1. The maximum atomic E-state index is 11.4. The largest absolute Gasteiger partial charge is 0.496 e. The number of nitrogens with one attached hydrogen (secondary N) is 2. The number of aromatic nitrogens is 1. The number of aliphatic carboxylic acids is 1. The van der Waals surface area contributed by atoms with E-state index in [1.807, 2.05) is 42.5 Å². The van der Waals surface area contributed by atoms with Crippen LogP contribution in [0.4, 0.5) is 22.7 Å². The molecule has 0 aliphatic rings. The summed E-state index contributed by atoms with van der Waals surface area (Å²) >= 11 is 5.64. The van der Waals surface area contributed by atoms with Gasteiger partial charge in [0.25, 0.3) is 0 Å². The number of para-hydroxylation sites is 1. The second-order valence-electron chi connectivity index (χ2n) is 8.13. The summed E-state index contributed by atoms with van der Waals surface area (Å²) in [5.41, 5.74) is 8.29. The fourth-order valence-corrected chi connectivity index (χ4v) is 3.21. The molecule has 0 unspecified atom stereocenters. The monoisotopic (exact) mass is 606 g/mol. The van der Waals surface area contributed by atoms with E-state index in [-0.39, 0.29) is 22.0 Å². The van der Waals surface area contributed by atoms with Gasteiger partial charge >= 0.3 is 17.9 Å². The van der Waals surface area contributed by atoms with E-state index in [4.69, 9.17) is 37.4 Å². The Kier molecular flexibility index (Phi) is 13.2. The molecule has 7 N–H and O–H groups in total. The molecule has 0 aliphatic heterocycles. The average Bonchev–Trinajstić information content (AvgIpc) is 3.00. The molecule has 1 aromatic heterocycles. The van der Waals surface area contributed by atoms with Gasteiger partial charge in [0.2, 0.25) is 5.91 Å². The van der Waals surface area contributed by atoms with Crippen molar-refractivity contribution in [1.82, 2.24) is 4.98 Å². The minimum Gasteiger partial charge on any atom is -0.496 e. The Morgan fingerprint density at radius 2 is 1.42 bits per heavy atom. The van der Waals surface area contributed by atoms with Crippen molar-refractivity contribution in [2.75, 3.05) is 23.5 Å². The van der Waals surface area contributed by atoms with Crippen molar-refractivity contribution in [3.8, 4) is 5.75 Å². The zero-order valence-electron chi connectivity index (χ0n) is 22.6. The maximum Gasteiger partial charge on any atom is 0.354 e. The van der Waals surface area contributed by atoms with Crippen LogP contribution in [0.25, 0.3) is 0 Å². The standard InChI is InChI=1S/C16H14N2O3.C8H8ClNO3.C6H5NO2/c19-15(10-11-16(20)21)18-14-8-6-13(7-9-14)17-12-4-2-1-3-5-12;1-13-7-3-6(10)5(9)2-4(7)8(11)12;8-6(9)5-3-1-2-4-7-5/h1-11,17H,(H,18,19)(H,20,21);2-3H,10H2,1H3,(H,11,12);1-4H,(H,8,9)/b11-10-;;. The Morgan fingerprint density at radius 1 is 0.814 bits per heavy atom. The van der Waals surface area contributed by atoms with Gasteiger partial charge in [0.15, 0.2) is 0 Å². The number of hydrogen-bond acceptors (Lipinski definition) is 8. The zero-order chi connectivity index (χ0) is 31.8. The molecule has 1 heterocycles. The van der Waals surface area contributed by atoms with E-state index in [9.17, 15) is 19.2 Å². The Morgan fingerprint density at radius 3 is 1.93 bits per heavy atom. The van der Waals surface area contributed by atoms with Crippen molar-refractivity contribution in [3.63, 3.8) is 0 Å². The quantitative estimate of drug-likeness (QED) is 0.110. The molecular formula is C30H27ClN4O8. The van der Waals surface area contributed by atoms with Gasteiger partial charge in [-0.05, 0) is 54.6 Å². The number of carboxylic acids is 3. The lowest BCUT2D eigenvalue weighted by Crippen LogP contribution is -2.08. The van der Waals surface area contributed by atoms with Crippen molar-refractivity contribution in [3.05, 3.63) is 120 Å². The van der Waals surface area contributed by atoms with Crippen molar-refractivity contribution < 1.29 is 39.2 Å². The summed E-state index contributed by atoms with van der Waals surface area (Å²) in [5, 5.41) is 31.5. The topological polar surface area (TPSA) is 201 Å². The van der Waals surface area contributed by atoms with Crippen LogP contribution in [-0.2, 0) is 9.59 Å². The van der Waals surface area contributed by atoms with Gasteiger partial charge in [-0.2, -0.15) is 0 Å². The van der Waals surface area contributed by atoms with Gasteiger partial charge in [-0.3, -0.25) is 4.79 Å². The number of aromatic carboxylic acids is 2. The van der Waals surface area contributed by atoms with Crippen LogP contribution < -0.4 is 21.1 Å². The highest BCUT2D eigenvalue weighted by molar-refractivity contribution is 6.33. The molecule has 0 radical (unpaired) electrons. The Balaban J connectivity index is 0.000000249. The van der Waals surface area contributed by atoms with Crippen molar-refractivity contribution in [2.24, 2.45) is 0 Å². The molecule has 1 amide bonds. The first-order valence-corrected chi connectivity index (χ1v) is 12.5. The predicted octanol–water partition coefficient (Wildman–Crippen LogP) is 5.42. The third-order valence-corrected chi connectivity index (χ3v) is 5.35. The lowest BCUT2D eigenvalue weighted by molar-refractivity contribution is -0.131. The van der Waals surface area contributed by atoms with Crippen LogP contribution in [0, 0.1) is 0 Å². The van der Waals surface area contributed by atoms with Crippen LogP contribution in [0.5, 0.6) is 5.75 Å². The van der Waals surface area contributed by atoms with Gasteiger partial charge in [0, 0.05) is 41.5 Å². The summed E-state index contributed by atoms with van der Waals surface area (Å²) in [5.74, 6) is -3.53. The van der Waals surface area contributed by atoms with Crippen LogP contribution in [0.2, 0.25) is 5.02 Å². The van der Waals surface area contributed by atoms with Crippen molar-refractivity contribution in [2.45, 2.75) is 0 Å². The normalized spacial score (nSPS) is 9.81. The third kappa shape index (κ3) is 12.0. The van der Waals surface area contributed by atoms with Crippen LogP contribution >= 0.6 is 11.6 Å². The molecular weight excluding hydrogens is 580 g/mol. The highest BCUT2D eigenvalue weighted by atomic mass is 35.5. The molecule has 0 aliphatic carbocycles. The van der Waals surface area contributed by atoms with Crippen molar-refractivity contribution in [1.29, 1.82) is 0 Å². The van der Waals surface area contributed by atoms with Gasteiger partial charge in [-0.1, -0.05) is 35.9 Å². The van der Waals surface area contributed by atoms with Crippen LogP contribution in [0.1, 0.15) is 20.8 Å². The Labute approximate surface area is 251 Å². The molecule has 13 heteroatoms. The Bertz CT molecular complexity index is 1560. The zero-order valence-corrected chi connectivity index (χ0v) is 23.4. The number of carbonyl (C=O) groups is 4. The van der Waals surface area contributed by atoms with E-state index in [0.29, 0.717) is 11.4 Å². The number of ether oxygens (including phenoxy) is 1. The van der Waals surface area contributed by atoms with E-state index >= 15 is 0 Å². The molecule has 43 heavy (non-hydrogen) atoms. The lowest BCUT2D eigenvalue weighted by Gasteiger charge is -2.07.